The minimum Gasteiger partial charge on any atom is -0.480 e. The zero-order valence-corrected chi connectivity index (χ0v) is 16.1. The van der Waals surface area contributed by atoms with Crippen molar-refractivity contribution < 1.29 is 29.1 Å². The lowest BCUT2D eigenvalue weighted by Crippen LogP contribution is -2.42. The van der Waals surface area contributed by atoms with Gasteiger partial charge in [0.05, 0.1) is 25.2 Å². The summed E-state index contributed by atoms with van der Waals surface area (Å²) in [5, 5.41) is 21.5. The zero-order valence-electron chi connectivity index (χ0n) is 15.3. The van der Waals surface area contributed by atoms with Gasteiger partial charge in [-0.3, -0.25) is 19.2 Å². The van der Waals surface area contributed by atoms with Crippen LogP contribution in [0, 0.1) is 0 Å². The first-order chi connectivity index (χ1) is 13.3. The first kappa shape index (κ1) is 21.8. The number of nitrogens with one attached hydrogen (secondary N) is 5. The van der Waals surface area contributed by atoms with Crippen molar-refractivity contribution in [3.63, 3.8) is 0 Å². The SMILES string of the molecule is O=C(O)CNC(=O)CNC(=O)CNC(=O)CCCC[C@@H]1SC[C@@H]2NC(=O)N[C@@H]21. The molecule has 2 fully saturated rings. The molecule has 2 heterocycles. The number of amides is 5. The number of unbranched alkanes of at least 4 members (excludes halogenated alkanes) is 1. The lowest BCUT2D eigenvalue weighted by atomic mass is 10.0. The lowest BCUT2D eigenvalue weighted by Gasteiger charge is -2.16. The number of carboxylic acids is 1. The fourth-order valence-corrected chi connectivity index (χ4v) is 4.56. The van der Waals surface area contributed by atoms with Crippen molar-refractivity contribution >= 4 is 41.5 Å². The number of carboxylic acid groups (broad SMARTS) is 1. The second-order valence-corrected chi connectivity index (χ2v) is 7.86. The molecule has 2 aliphatic rings. The topological polar surface area (TPSA) is 166 Å². The molecule has 0 aromatic rings. The van der Waals surface area contributed by atoms with E-state index in [1.165, 1.54) is 0 Å². The highest BCUT2D eigenvalue weighted by molar-refractivity contribution is 8.00. The molecule has 2 saturated heterocycles. The summed E-state index contributed by atoms with van der Waals surface area (Å²) in [6.07, 6.45) is 2.73. The molecule has 2 aliphatic heterocycles. The maximum Gasteiger partial charge on any atom is 0.322 e. The van der Waals surface area contributed by atoms with E-state index < -0.39 is 24.3 Å². The number of thioether (sulfide) groups is 1. The van der Waals surface area contributed by atoms with Crippen molar-refractivity contribution in [3.8, 4) is 0 Å². The molecule has 0 radical (unpaired) electrons. The number of aliphatic carboxylic acids is 1. The molecular weight excluding hydrogens is 390 g/mol. The van der Waals surface area contributed by atoms with E-state index in [2.05, 4.69) is 26.6 Å². The number of fused-ring (bicyclic) bond motifs is 1. The number of hydrogen-bond acceptors (Lipinski definition) is 6. The van der Waals surface area contributed by atoms with Gasteiger partial charge in [0, 0.05) is 17.4 Å². The molecule has 0 unspecified atom stereocenters. The van der Waals surface area contributed by atoms with Gasteiger partial charge in [-0.2, -0.15) is 11.8 Å². The Labute approximate surface area is 166 Å². The Balaban J connectivity index is 1.49. The molecule has 0 saturated carbocycles. The van der Waals surface area contributed by atoms with Gasteiger partial charge in [-0.15, -0.1) is 0 Å². The molecule has 0 aromatic heterocycles. The molecule has 6 N–H and O–H groups in total. The van der Waals surface area contributed by atoms with Gasteiger partial charge in [0.2, 0.25) is 17.7 Å². The maximum atomic E-state index is 11.8. The van der Waals surface area contributed by atoms with Crippen LogP contribution in [0.25, 0.3) is 0 Å². The van der Waals surface area contributed by atoms with E-state index in [0.717, 1.165) is 18.6 Å². The van der Waals surface area contributed by atoms with Crippen LogP contribution in [0.2, 0.25) is 0 Å². The van der Waals surface area contributed by atoms with Crippen LogP contribution >= 0.6 is 11.8 Å². The van der Waals surface area contributed by atoms with E-state index in [4.69, 9.17) is 5.11 Å². The second-order valence-electron chi connectivity index (χ2n) is 6.59. The molecule has 12 heteroatoms. The summed E-state index contributed by atoms with van der Waals surface area (Å²) >= 11 is 1.83. The fraction of sp³-hybridized carbons (Fsp3) is 0.688. The van der Waals surface area contributed by atoms with Crippen molar-refractivity contribution in [2.75, 3.05) is 25.4 Å². The van der Waals surface area contributed by atoms with E-state index in [9.17, 15) is 24.0 Å². The first-order valence-corrected chi connectivity index (χ1v) is 10.1. The maximum absolute atomic E-state index is 11.8. The summed E-state index contributed by atoms with van der Waals surface area (Å²) in [7, 11) is 0. The molecule has 0 spiro atoms. The monoisotopic (exact) mass is 415 g/mol. The van der Waals surface area contributed by atoms with Gasteiger partial charge in [0.1, 0.15) is 6.54 Å². The van der Waals surface area contributed by atoms with Crippen LogP contribution in [-0.4, -0.2) is 77.5 Å². The molecule has 28 heavy (non-hydrogen) atoms. The second kappa shape index (κ2) is 10.7. The summed E-state index contributed by atoms with van der Waals surface area (Å²) in [6, 6.07) is 0.232. The van der Waals surface area contributed by atoms with Crippen LogP contribution < -0.4 is 26.6 Å². The average Bonchev–Trinajstić information content (AvgIpc) is 3.19. The van der Waals surface area contributed by atoms with Crippen molar-refractivity contribution in [1.29, 1.82) is 0 Å². The molecular formula is C16H25N5O6S. The van der Waals surface area contributed by atoms with Crippen LogP contribution in [0.4, 0.5) is 4.79 Å². The number of rotatable bonds is 11. The van der Waals surface area contributed by atoms with Gasteiger partial charge in [-0.25, -0.2) is 4.79 Å². The van der Waals surface area contributed by atoms with Crippen molar-refractivity contribution in [2.45, 2.75) is 43.0 Å². The van der Waals surface area contributed by atoms with Crippen molar-refractivity contribution in [1.82, 2.24) is 26.6 Å². The summed E-state index contributed by atoms with van der Waals surface area (Å²) in [6.45, 7) is -1.12. The van der Waals surface area contributed by atoms with E-state index in [0.29, 0.717) is 18.1 Å². The van der Waals surface area contributed by atoms with Gasteiger partial charge in [0.25, 0.3) is 0 Å². The van der Waals surface area contributed by atoms with Gasteiger partial charge in [-0.1, -0.05) is 6.42 Å². The Bertz CT molecular complexity index is 631. The molecule has 0 aliphatic carbocycles. The quantitative estimate of drug-likeness (QED) is 0.170. The Morgan fingerprint density at radius 1 is 0.964 bits per heavy atom. The smallest absolute Gasteiger partial charge is 0.322 e. The lowest BCUT2D eigenvalue weighted by molar-refractivity contribution is -0.137. The van der Waals surface area contributed by atoms with Crippen LogP contribution in [-0.2, 0) is 19.2 Å². The molecule has 0 bridgehead atoms. The minimum absolute atomic E-state index is 0.114. The highest BCUT2D eigenvalue weighted by atomic mass is 32.2. The number of carbonyl (C=O) groups is 5. The minimum atomic E-state index is -1.18. The number of urea groups is 1. The Kier molecular flexibility index (Phi) is 8.36. The molecule has 3 atom stereocenters. The molecule has 156 valence electrons. The Hall–Kier alpha value is -2.50. The highest BCUT2D eigenvalue weighted by Crippen LogP contribution is 2.33. The van der Waals surface area contributed by atoms with Crippen molar-refractivity contribution in [2.24, 2.45) is 0 Å². The van der Waals surface area contributed by atoms with Crippen LogP contribution in [0.5, 0.6) is 0 Å². The van der Waals surface area contributed by atoms with Crippen molar-refractivity contribution in [3.05, 3.63) is 0 Å². The normalized spacial score (nSPS) is 22.6. The summed E-state index contributed by atoms with van der Waals surface area (Å²) < 4.78 is 0. The van der Waals surface area contributed by atoms with E-state index in [-0.39, 0.29) is 37.1 Å². The fourth-order valence-electron chi connectivity index (χ4n) is 3.02. The average molecular weight is 415 g/mol. The van der Waals surface area contributed by atoms with Gasteiger partial charge < -0.3 is 31.7 Å². The molecule has 11 nitrogen and oxygen atoms in total. The molecule has 0 aromatic carbocycles. The Morgan fingerprint density at radius 2 is 1.61 bits per heavy atom. The van der Waals surface area contributed by atoms with Gasteiger partial charge in [0.15, 0.2) is 0 Å². The largest absolute Gasteiger partial charge is 0.480 e. The standard InChI is InChI=1S/C16H25N5O6S/c22-11(17-5-12(23)18-6-13(24)19-7-14(25)26)4-2-1-3-10-15-9(8-28-10)20-16(27)21-15/h9-10,15H,1-8H2,(H,17,22)(H,18,23)(H,19,24)(H,25,26)(H2,20,21,27)/t9-,10-,15-/m0/s1. The van der Waals surface area contributed by atoms with Gasteiger partial charge >= 0.3 is 12.0 Å². The van der Waals surface area contributed by atoms with Crippen LogP contribution in [0.15, 0.2) is 0 Å². The van der Waals surface area contributed by atoms with E-state index in [1.54, 1.807) is 0 Å². The third-order valence-corrected chi connectivity index (χ3v) is 5.92. The Morgan fingerprint density at radius 3 is 2.29 bits per heavy atom. The summed E-state index contributed by atoms with van der Waals surface area (Å²) in [5.74, 6) is -1.68. The van der Waals surface area contributed by atoms with Crippen LogP contribution in [0.3, 0.4) is 0 Å². The third kappa shape index (κ3) is 7.25. The predicted molar refractivity (Wildman–Crippen MR) is 101 cm³/mol. The van der Waals surface area contributed by atoms with E-state index in [1.807, 2.05) is 11.8 Å². The number of hydrogen-bond donors (Lipinski definition) is 6. The summed E-state index contributed by atoms with van der Waals surface area (Å²) in [5.41, 5.74) is 0. The van der Waals surface area contributed by atoms with Gasteiger partial charge in [-0.05, 0) is 12.8 Å². The summed E-state index contributed by atoms with van der Waals surface area (Å²) in [4.78, 5) is 56.2. The first-order valence-electron chi connectivity index (χ1n) is 9.05. The van der Waals surface area contributed by atoms with E-state index >= 15 is 0 Å². The molecule has 2 rings (SSSR count). The number of carbonyl (C=O) groups excluding carboxylic acids is 4. The molecule has 5 amide bonds. The predicted octanol–water partition coefficient (Wildman–Crippen LogP) is -1.85. The third-order valence-electron chi connectivity index (χ3n) is 4.41. The highest BCUT2D eigenvalue weighted by Gasteiger charge is 2.42. The zero-order chi connectivity index (χ0) is 20.5. The van der Waals surface area contributed by atoms with Crippen LogP contribution in [0.1, 0.15) is 25.7 Å².